The number of nitrogens with zero attached hydrogens (tertiary/aromatic N) is 1. The smallest absolute Gasteiger partial charge is 0.132 e. The summed E-state index contributed by atoms with van der Waals surface area (Å²) in [6.45, 7) is 0.420. The molecule has 4 heteroatoms. The minimum Gasteiger partial charge on any atom is -0.326 e. The van der Waals surface area contributed by atoms with Gasteiger partial charge < -0.3 is 5.73 Å². The van der Waals surface area contributed by atoms with Crippen molar-refractivity contribution in [1.82, 2.24) is 4.98 Å². The lowest BCUT2D eigenvalue weighted by Gasteiger charge is -2.06. The Bertz CT molecular complexity index is 514. The highest BCUT2D eigenvalue weighted by molar-refractivity contribution is 9.10. The second kappa shape index (κ2) is 4.72. The van der Waals surface area contributed by atoms with Crippen molar-refractivity contribution in [2.45, 2.75) is 6.54 Å². The van der Waals surface area contributed by atoms with Crippen LogP contribution < -0.4 is 5.73 Å². The number of hydrogen-bond donors (Lipinski definition) is 1. The average Bonchev–Trinajstić information content (AvgIpc) is 2.30. The van der Waals surface area contributed by atoms with E-state index in [1.54, 1.807) is 24.4 Å². The number of pyridine rings is 1. The molecule has 0 saturated carbocycles. The van der Waals surface area contributed by atoms with Gasteiger partial charge in [-0.15, -0.1) is 0 Å². The number of nitrogens with two attached hydrogens (primary N) is 1. The van der Waals surface area contributed by atoms with Gasteiger partial charge in [-0.3, -0.25) is 4.98 Å². The van der Waals surface area contributed by atoms with Gasteiger partial charge in [-0.05, 0) is 39.7 Å². The van der Waals surface area contributed by atoms with Crippen LogP contribution in [0.5, 0.6) is 0 Å². The molecule has 16 heavy (non-hydrogen) atoms. The fraction of sp³-hybridized carbons (Fsp3) is 0.0833. The molecule has 82 valence electrons. The first-order valence-corrected chi connectivity index (χ1v) is 5.61. The molecular formula is C12H10BrFN2. The molecule has 0 fully saturated rings. The molecule has 1 heterocycles. The molecule has 0 unspecified atom stereocenters. The van der Waals surface area contributed by atoms with Crippen LogP contribution in [0.3, 0.4) is 0 Å². The van der Waals surface area contributed by atoms with Gasteiger partial charge in [-0.25, -0.2) is 4.39 Å². The van der Waals surface area contributed by atoms with Crippen LogP contribution >= 0.6 is 15.9 Å². The van der Waals surface area contributed by atoms with E-state index in [-0.39, 0.29) is 5.82 Å². The zero-order valence-electron chi connectivity index (χ0n) is 8.45. The van der Waals surface area contributed by atoms with Crippen LogP contribution in [0.2, 0.25) is 0 Å². The molecule has 0 amide bonds. The lowest BCUT2D eigenvalue weighted by molar-refractivity contribution is 0.630. The van der Waals surface area contributed by atoms with Crippen molar-refractivity contribution in [2.24, 2.45) is 5.73 Å². The second-order valence-electron chi connectivity index (χ2n) is 3.36. The van der Waals surface area contributed by atoms with Crippen LogP contribution in [0.1, 0.15) is 5.56 Å². The standard InChI is InChI=1S/C12H10BrFN2/c13-10-5-8(6-15)7-16-12(10)9-3-1-2-4-11(9)14/h1-5,7H,6,15H2. The van der Waals surface area contributed by atoms with Crippen LogP contribution in [-0.2, 0) is 6.54 Å². The quantitative estimate of drug-likeness (QED) is 0.918. The van der Waals surface area contributed by atoms with E-state index in [2.05, 4.69) is 20.9 Å². The molecule has 2 N–H and O–H groups in total. The third kappa shape index (κ3) is 2.13. The maximum atomic E-state index is 13.6. The molecule has 2 nitrogen and oxygen atoms in total. The lowest BCUT2D eigenvalue weighted by Crippen LogP contribution is -1.98. The maximum Gasteiger partial charge on any atom is 0.132 e. The molecule has 1 aromatic carbocycles. The lowest BCUT2D eigenvalue weighted by atomic mass is 10.1. The Morgan fingerprint density at radius 3 is 2.69 bits per heavy atom. The summed E-state index contributed by atoms with van der Waals surface area (Å²) >= 11 is 3.37. The van der Waals surface area contributed by atoms with E-state index in [0.717, 1.165) is 10.0 Å². The van der Waals surface area contributed by atoms with Gasteiger partial charge in [-0.1, -0.05) is 12.1 Å². The van der Waals surface area contributed by atoms with E-state index in [4.69, 9.17) is 5.73 Å². The van der Waals surface area contributed by atoms with Crippen LogP contribution in [-0.4, -0.2) is 4.98 Å². The summed E-state index contributed by atoms with van der Waals surface area (Å²) in [6, 6.07) is 8.41. The summed E-state index contributed by atoms with van der Waals surface area (Å²) < 4.78 is 14.3. The van der Waals surface area contributed by atoms with E-state index in [1.807, 2.05) is 6.07 Å². The predicted molar refractivity (Wildman–Crippen MR) is 65.2 cm³/mol. The highest BCUT2D eigenvalue weighted by atomic mass is 79.9. The molecule has 2 rings (SSSR count). The first-order chi connectivity index (χ1) is 7.72. The molecule has 0 aliphatic carbocycles. The Morgan fingerprint density at radius 2 is 2.06 bits per heavy atom. The van der Waals surface area contributed by atoms with Crippen LogP contribution in [0.25, 0.3) is 11.3 Å². The number of halogens is 2. The fourth-order valence-electron chi connectivity index (χ4n) is 1.44. The van der Waals surface area contributed by atoms with Gasteiger partial charge in [0.25, 0.3) is 0 Å². The summed E-state index contributed by atoms with van der Waals surface area (Å²) in [5.74, 6) is -0.281. The number of hydrogen-bond acceptors (Lipinski definition) is 2. The molecule has 2 aromatic rings. The minimum atomic E-state index is -0.281. The van der Waals surface area contributed by atoms with Crippen LogP contribution in [0, 0.1) is 5.82 Å². The monoisotopic (exact) mass is 280 g/mol. The Labute approximate surface area is 101 Å². The van der Waals surface area contributed by atoms with Crippen LogP contribution in [0.15, 0.2) is 41.0 Å². The number of aromatic nitrogens is 1. The van der Waals surface area contributed by atoms with Crippen molar-refractivity contribution >= 4 is 15.9 Å². The first kappa shape index (κ1) is 11.2. The molecule has 0 aliphatic heterocycles. The van der Waals surface area contributed by atoms with Crippen LogP contribution in [0.4, 0.5) is 4.39 Å². The summed E-state index contributed by atoms with van der Waals surface area (Å²) in [5, 5.41) is 0. The molecule has 1 aromatic heterocycles. The fourth-order valence-corrected chi connectivity index (χ4v) is 2.05. The summed E-state index contributed by atoms with van der Waals surface area (Å²) in [4.78, 5) is 4.21. The largest absolute Gasteiger partial charge is 0.326 e. The molecule has 0 aliphatic rings. The highest BCUT2D eigenvalue weighted by Gasteiger charge is 2.09. The van der Waals surface area contributed by atoms with Crippen molar-refractivity contribution < 1.29 is 4.39 Å². The Balaban J connectivity index is 2.53. The third-order valence-corrected chi connectivity index (χ3v) is 2.87. The van der Waals surface area contributed by atoms with E-state index < -0.39 is 0 Å². The molecule has 0 saturated heterocycles. The minimum absolute atomic E-state index is 0.281. The Kier molecular flexibility index (Phi) is 3.31. The van der Waals surface area contributed by atoms with E-state index >= 15 is 0 Å². The van der Waals surface area contributed by atoms with Gasteiger partial charge in [0.1, 0.15) is 5.82 Å². The van der Waals surface area contributed by atoms with Crippen molar-refractivity contribution in [2.75, 3.05) is 0 Å². The second-order valence-corrected chi connectivity index (χ2v) is 4.21. The SMILES string of the molecule is NCc1cnc(-c2ccccc2F)c(Br)c1. The molecule has 0 bridgehead atoms. The van der Waals surface area contributed by atoms with Gasteiger partial charge in [0, 0.05) is 22.8 Å². The summed E-state index contributed by atoms with van der Waals surface area (Å²) in [7, 11) is 0. The van der Waals surface area contributed by atoms with Crippen molar-refractivity contribution in [1.29, 1.82) is 0 Å². The predicted octanol–water partition coefficient (Wildman–Crippen LogP) is 3.11. The zero-order valence-corrected chi connectivity index (χ0v) is 10.0. The molecular weight excluding hydrogens is 271 g/mol. The third-order valence-electron chi connectivity index (χ3n) is 2.26. The van der Waals surface area contributed by atoms with E-state index in [1.165, 1.54) is 6.07 Å². The van der Waals surface area contributed by atoms with Crippen molar-refractivity contribution in [3.05, 3.63) is 52.4 Å². The Morgan fingerprint density at radius 1 is 1.31 bits per heavy atom. The van der Waals surface area contributed by atoms with Gasteiger partial charge in [0.2, 0.25) is 0 Å². The van der Waals surface area contributed by atoms with Gasteiger partial charge in [-0.2, -0.15) is 0 Å². The van der Waals surface area contributed by atoms with E-state index in [0.29, 0.717) is 17.8 Å². The highest BCUT2D eigenvalue weighted by Crippen LogP contribution is 2.28. The molecule has 0 radical (unpaired) electrons. The van der Waals surface area contributed by atoms with Gasteiger partial charge >= 0.3 is 0 Å². The van der Waals surface area contributed by atoms with Crippen molar-refractivity contribution in [3.63, 3.8) is 0 Å². The average molecular weight is 281 g/mol. The normalized spacial score (nSPS) is 10.4. The first-order valence-electron chi connectivity index (χ1n) is 4.81. The summed E-state index contributed by atoms with van der Waals surface area (Å²) in [5.41, 5.74) is 7.49. The van der Waals surface area contributed by atoms with E-state index in [9.17, 15) is 4.39 Å². The zero-order chi connectivity index (χ0) is 11.5. The van der Waals surface area contributed by atoms with Crippen molar-refractivity contribution in [3.8, 4) is 11.3 Å². The Hall–Kier alpha value is -1.26. The maximum absolute atomic E-state index is 13.6. The van der Waals surface area contributed by atoms with Gasteiger partial charge in [0.15, 0.2) is 0 Å². The summed E-state index contributed by atoms with van der Waals surface area (Å²) in [6.07, 6.45) is 1.66. The van der Waals surface area contributed by atoms with Gasteiger partial charge in [0.05, 0.1) is 5.69 Å². The number of benzene rings is 1. The topological polar surface area (TPSA) is 38.9 Å². The molecule has 0 spiro atoms. The number of rotatable bonds is 2. The molecule has 0 atom stereocenters.